The summed E-state index contributed by atoms with van der Waals surface area (Å²) < 4.78 is 26.9. The van der Waals surface area contributed by atoms with Crippen LogP contribution in [-0.4, -0.2) is 55.1 Å². The molecule has 20 heavy (non-hydrogen) atoms. The highest BCUT2D eigenvalue weighted by molar-refractivity contribution is 7.89. The van der Waals surface area contributed by atoms with E-state index >= 15 is 0 Å². The number of rotatable bonds is 3. The first-order valence-electron chi connectivity index (χ1n) is 6.97. The van der Waals surface area contributed by atoms with Crippen molar-refractivity contribution in [1.82, 2.24) is 9.29 Å². The molecule has 1 aromatic rings. The number of nitrogens with zero attached hydrogens (tertiary/aromatic N) is 3. The molecule has 2 aliphatic rings. The van der Waals surface area contributed by atoms with E-state index in [0.717, 1.165) is 12.8 Å². The number of pyridine rings is 1. The molecule has 0 spiro atoms. The van der Waals surface area contributed by atoms with Crippen LogP contribution in [0.2, 0.25) is 0 Å². The van der Waals surface area contributed by atoms with Gasteiger partial charge in [-0.15, -0.1) is 0 Å². The average molecular weight is 297 g/mol. The minimum absolute atomic E-state index is 0.260. The zero-order chi connectivity index (χ0) is 14.2. The molecule has 2 fully saturated rings. The van der Waals surface area contributed by atoms with Gasteiger partial charge in [0.15, 0.2) is 0 Å². The highest BCUT2D eigenvalue weighted by atomic mass is 32.2. The van der Waals surface area contributed by atoms with Crippen LogP contribution in [0, 0.1) is 0 Å². The summed E-state index contributed by atoms with van der Waals surface area (Å²) >= 11 is 0. The molecular formula is C13H19N3O3S. The monoisotopic (exact) mass is 297 g/mol. The molecule has 0 bridgehead atoms. The lowest BCUT2D eigenvalue weighted by atomic mass is 10.3. The van der Waals surface area contributed by atoms with Gasteiger partial charge in [-0.1, -0.05) is 0 Å². The Morgan fingerprint density at radius 3 is 2.65 bits per heavy atom. The number of hydrogen-bond donors (Lipinski definition) is 1. The van der Waals surface area contributed by atoms with Gasteiger partial charge in [-0.25, -0.2) is 13.4 Å². The fourth-order valence-corrected chi connectivity index (χ4v) is 4.50. The van der Waals surface area contributed by atoms with Crippen LogP contribution in [0.5, 0.6) is 0 Å². The van der Waals surface area contributed by atoms with Gasteiger partial charge < -0.3 is 10.0 Å². The molecule has 0 amide bonds. The molecule has 3 rings (SSSR count). The number of hydrogen-bond acceptors (Lipinski definition) is 5. The Hall–Kier alpha value is -1.18. The topological polar surface area (TPSA) is 73.7 Å². The van der Waals surface area contributed by atoms with Crippen LogP contribution in [-0.2, 0) is 10.0 Å². The van der Waals surface area contributed by atoms with Gasteiger partial charge in [0, 0.05) is 32.4 Å². The maximum atomic E-state index is 12.7. The fourth-order valence-electron chi connectivity index (χ4n) is 2.82. The van der Waals surface area contributed by atoms with E-state index in [-0.39, 0.29) is 4.90 Å². The van der Waals surface area contributed by atoms with Crippen LogP contribution in [0.1, 0.15) is 19.3 Å². The number of aliphatic hydroxyl groups excluding tert-OH is 1. The molecule has 1 atom stereocenters. The molecule has 0 saturated carbocycles. The summed E-state index contributed by atoms with van der Waals surface area (Å²) in [6, 6.07) is 3.26. The van der Waals surface area contributed by atoms with Crippen molar-refractivity contribution in [2.45, 2.75) is 30.3 Å². The maximum Gasteiger partial charge on any atom is 0.246 e. The van der Waals surface area contributed by atoms with Crippen molar-refractivity contribution in [2.75, 3.05) is 31.1 Å². The smallest absolute Gasteiger partial charge is 0.246 e. The molecule has 1 unspecified atom stereocenters. The third-order valence-corrected chi connectivity index (χ3v) is 5.82. The summed E-state index contributed by atoms with van der Waals surface area (Å²) in [5, 5.41) is 9.64. The second-order valence-corrected chi connectivity index (χ2v) is 7.23. The standard InChI is InChI=1S/C13H19N3O3S/c17-11-5-9-15(10-11)13-12(4-3-6-14-13)20(18,19)16-7-1-2-8-16/h3-4,6,11,17H,1-2,5,7-10H2. The molecule has 7 heteroatoms. The first kappa shape index (κ1) is 13.8. The van der Waals surface area contributed by atoms with Gasteiger partial charge in [0.2, 0.25) is 10.0 Å². The van der Waals surface area contributed by atoms with Gasteiger partial charge in [0.1, 0.15) is 10.7 Å². The van der Waals surface area contributed by atoms with E-state index in [1.165, 1.54) is 4.31 Å². The zero-order valence-corrected chi connectivity index (χ0v) is 12.1. The molecule has 6 nitrogen and oxygen atoms in total. The van der Waals surface area contributed by atoms with Crippen LogP contribution in [0.15, 0.2) is 23.2 Å². The van der Waals surface area contributed by atoms with Gasteiger partial charge in [0.05, 0.1) is 6.10 Å². The number of sulfonamides is 1. The lowest BCUT2D eigenvalue weighted by Crippen LogP contribution is -2.31. The van der Waals surface area contributed by atoms with E-state index in [0.29, 0.717) is 38.4 Å². The van der Waals surface area contributed by atoms with E-state index in [9.17, 15) is 13.5 Å². The van der Waals surface area contributed by atoms with E-state index in [1.807, 2.05) is 4.90 Å². The number of aromatic nitrogens is 1. The Morgan fingerprint density at radius 1 is 1.25 bits per heavy atom. The van der Waals surface area contributed by atoms with Gasteiger partial charge in [-0.3, -0.25) is 0 Å². The SMILES string of the molecule is O=S(=O)(c1cccnc1N1CCC(O)C1)N1CCCC1. The van der Waals surface area contributed by atoms with Crippen molar-refractivity contribution >= 4 is 15.8 Å². The van der Waals surface area contributed by atoms with E-state index < -0.39 is 16.1 Å². The van der Waals surface area contributed by atoms with E-state index in [4.69, 9.17) is 0 Å². The maximum absolute atomic E-state index is 12.7. The predicted octanol–water partition coefficient (Wildman–Crippen LogP) is 0.437. The first-order chi connectivity index (χ1) is 9.59. The third-order valence-electron chi connectivity index (χ3n) is 3.90. The molecule has 110 valence electrons. The van der Waals surface area contributed by atoms with Crippen LogP contribution in [0.4, 0.5) is 5.82 Å². The van der Waals surface area contributed by atoms with Gasteiger partial charge >= 0.3 is 0 Å². The second-order valence-electron chi connectivity index (χ2n) is 5.32. The Balaban J connectivity index is 1.97. The highest BCUT2D eigenvalue weighted by Gasteiger charge is 2.32. The van der Waals surface area contributed by atoms with Crippen molar-refractivity contribution < 1.29 is 13.5 Å². The fraction of sp³-hybridized carbons (Fsp3) is 0.615. The predicted molar refractivity (Wildman–Crippen MR) is 75.1 cm³/mol. The summed E-state index contributed by atoms with van der Waals surface area (Å²) in [4.78, 5) is 6.36. The van der Waals surface area contributed by atoms with Gasteiger partial charge in [-0.05, 0) is 31.4 Å². The minimum Gasteiger partial charge on any atom is -0.391 e. The molecule has 1 aromatic heterocycles. The summed E-state index contributed by atoms with van der Waals surface area (Å²) in [6.07, 6.45) is 3.68. The first-order valence-corrected chi connectivity index (χ1v) is 8.41. The summed E-state index contributed by atoms with van der Waals surface area (Å²) in [5.41, 5.74) is 0. The molecule has 2 saturated heterocycles. The van der Waals surface area contributed by atoms with Crippen molar-refractivity contribution in [3.8, 4) is 0 Å². The van der Waals surface area contributed by atoms with Crippen molar-refractivity contribution in [3.63, 3.8) is 0 Å². The normalized spacial score (nSPS) is 24.4. The van der Waals surface area contributed by atoms with Gasteiger partial charge in [0.25, 0.3) is 0 Å². The summed E-state index contributed by atoms with van der Waals surface area (Å²) in [7, 11) is -3.48. The molecule has 0 radical (unpaired) electrons. The van der Waals surface area contributed by atoms with E-state index in [2.05, 4.69) is 4.98 Å². The Kier molecular flexibility index (Phi) is 3.66. The Bertz CT molecular complexity index is 584. The van der Waals surface area contributed by atoms with Crippen LogP contribution < -0.4 is 4.90 Å². The van der Waals surface area contributed by atoms with Crippen molar-refractivity contribution in [1.29, 1.82) is 0 Å². The third kappa shape index (κ3) is 2.41. The van der Waals surface area contributed by atoms with Crippen molar-refractivity contribution in [3.05, 3.63) is 18.3 Å². The largest absolute Gasteiger partial charge is 0.391 e. The second kappa shape index (κ2) is 5.31. The number of β-amino-alcohol motifs (C(OH)–C–C–N with tert-alkyl or cyclic N) is 1. The molecule has 3 heterocycles. The summed E-state index contributed by atoms with van der Waals surface area (Å²) in [6.45, 7) is 2.25. The number of aliphatic hydroxyl groups is 1. The Labute approximate surface area is 119 Å². The molecular weight excluding hydrogens is 278 g/mol. The summed E-state index contributed by atoms with van der Waals surface area (Å²) in [5.74, 6) is 0.468. The quantitative estimate of drug-likeness (QED) is 0.876. The highest BCUT2D eigenvalue weighted by Crippen LogP contribution is 2.29. The zero-order valence-electron chi connectivity index (χ0n) is 11.3. The van der Waals surface area contributed by atoms with Crippen LogP contribution in [0.25, 0.3) is 0 Å². The minimum atomic E-state index is -3.48. The van der Waals surface area contributed by atoms with Crippen LogP contribution in [0.3, 0.4) is 0 Å². The molecule has 0 aromatic carbocycles. The lowest BCUT2D eigenvalue weighted by molar-refractivity contribution is 0.198. The average Bonchev–Trinajstić information content (AvgIpc) is 3.10. The van der Waals surface area contributed by atoms with E-state index in [1.54, 1.807) is 18.3 Å². The lowest BCUT2D eigenvalue weighted by Gasteiger charge is -2.22. The molecule has 0 aliphatic carbocycles. The van der Waals surface area contributed by atoms with Crippen LogP contribution >= 0.6 is 0 Å². The van der Waals surface area contributed by atoms with Crippen molar-refractivity contribution in [2.24, 2.45) is 0 Å². The molecule has 2 aliphatic heterocycles. The Morgan fingerprint density at radius 2 is 2.00 bits per heavy atom. The van der Waals surface area contributed by atoms with Gasteiger partial charge in [-0.2, -0.15) is 4.31 Å². The molecule has 1 N–H and O–H groups in total. The number of anilines is 1.